The molecule has 0 aromatic carbocycles. The molecule has 26 heavy (non-hydrogen) atoms. The Hall–Kier alpha value is -2.11. The minimum atomic E-state index is -0.494. The average Bonchev–Trinajstić information content (AvgIpc) is 3.44. The van der Waals surface area contributed by atoms with E-state index in [1.54, 1.807) is 11.1 Å². The van der Waals surface area contributed by atoms with E-state index in [1.165, 1.54) is 0 Å². The summed E-state index contributed by atoms with van der Waals surface area (Å²) in [6, 6.07) is 5.65. The van der Waals surface area contributed by atoms with Gasteiger partial charge in [-0.3, -0.25) is 9.69 Å². The maximum atomic E-state index is 12.8. The van der Waals surface area contributed by atoms with Crippen molar-refractivity contribution >= 4 is 17.8 Å². The third-order valence-electron chi connectivity index (χ3n) is 4.73. The molecule has 3 rings (SSSR count). The highest BCUT2D eigenvalue weighted by Gasteiger charge is 2.36. The fourth-order valence-electron chi connectivity index (χ4n) is 3.33. The summed E-state index contributed by atoms with van der Waals surface area (Å²) in [5.74, 6) is 1.25. The predicted octanol–water partition coefficient (Wildman–Crippen LogP) is 3.47. The van der Waals surface area contributed by atoms with Crippen molar-refractivity contribution in [1.82, 2.24) is 9.88 Å². The molecule has 1 unspecified atom stereocenters. The first kappa shape index (κ1) is 18.7. The minimum absolute atomic E-state index is 0.141. The molecule has 2 fully saturated rings. The second-order valence-corrected chi connectivity index (χ2v) is 8.35. The van der Waals surface area contributed by atoms with Gasteiger partial charge in [0, 0.05) is 31.7 Å². The fraction of sp³-hybridized carbons (Fsp3) is 0.650. The lowest BCUT2D eigenvalue weighted by Crippen LogP contribution is -2.47. The van der Waals surface area contributed by atoms with Crippen LogP contribution in [-0.2, 0) is 9.53 Å². The van der Waals surface area contributed by atoms with Gasteiger partial charge in [-0.25, -0.2) is 9.78 Å². The lowest BCUT2D eigenvalue weighted by Gasteiger charge is -2.36. The molecule has 2 amide bonds. The Balaban J connectivity index is 1.66. The number of hydrogen-bond donors (Lipinski definition) is 0. The molecule has 1 aromatic heterocycles. The zero-order valence-corrected chi connectivity index (χ0v) is 16.0. The van der Waals surface area contributed by atoms with Crippen LogP contribution in [-0.4, -0.2) is 47.1 Å². The Kier molecular flexibility index (Phi) is 5.49. The van der Waals surface area contributed by atoms with Crippen molar-refractivity contribution in [3.63, 3.8) is 0 Å². The van der Waals surface area contributed by atoms with Gasteiger partial charge in [0.05, 0.1) is 0 Å². The van der Waals surface area contributed by atoms with E-state index < -0.39 is 5.60 Å². The van der Waals surface area contributed by atoms with Crippen LogP contribution in [0.1, 0.15) is 46.5 Å². The molecule has 142 valence electrons. The van der Waals surface area contributed by atoms with Gasteiger partial charge in [0.2, 0.25) is 5.91 Å². The van der Waals surface area contributed by atoms with Crippen LogP contribution >= 0.6 is 0 Å². The number of pyridine rings is 1. The second-order valence-electron chi connectivity index (χ2n) is 8.35. The zero-order valence-electron chi connectivity index (χ0n) is 16.0. The highest BCUT2D eigenvalue weighted by Crippen LogP contribution is 2.33. The standard InChI is InChI=1S/C20H29N3O3/c1-20(2,3)26-19(25)22-12-6-7-15(13-22)14-23(18(24)16-9-10-16)17-8-4-5-11-21-17/h4-5,8,11,15-16H,6-7,9-10,12-14H2,1-3H3. The molecular formula is C20H29N3O3. The molecule has 0 spiro atoms. The van der Waals surface area contributed by atoms with Crippen LogP contribution < -0.4 is 4.90 Å². The van der Waals surface area contributed by atoms with E-state index in [1.807, 2.05) is 43.9 Å². The van der Waals surface area contributed by atoms with Crippen LogP contribution in [0.25, 0.3) is 0 Å². The van der Waals surface area contributed by atoms with Gasteiger partial charge in [0.25, 0.3) is 0 Å². The van der Waals surface area contributed by atoms with E-state index in [4.69, 9.17) is 4.74 Å². The van der Waals surface area contributed by atoms with E-state index in [2.05, 4.69) is 4.98 Å². The van der Waals surface area contributed by atoms with Gasteiger partial charge in [-0.15, -0.1) is 0 Å². The molecule has 1 atom stereocenters. The van der Waals surface area contributed by atoms with Gasteiger partial charge in [-0.05, 0) is 64.5 Å². The minimum Gasteiger partial charge on any atom is -0.444 e. The Morgan fingerprint density at radius 3 is 2.65 bits per heavy atom. The number of carbonyl (C=O) groups excluding carboxylic acids is 2. The molecule has 0 N–H and O–H groups in total. The first-order chi connectivity index (χ1) is 12.3. The summed E-state index contributed by atoms with van der Waals surface area (Å²) < 4.78 is 5.50. The van der Waals surface area contributed by atoms with E-state index in [-0.39, 0.29) is 23.8 Å². The van der Waals surface area contributed by atoms with E-state index >= 15 is 0 Å². The van der Waals surface area contributed by atoms with Crippen molar-refractivity contribution in [2.24, 2.45) is 11.8 Å². The van der Waals surface area contributed by atoms with Crippen molar-refractivity contribution < 1.29 is 14.3 Å². The molecule has 1 aromatic rings. The quantitative estimate of drug-likeness (QED) is 0.826. The summed E-state index contributed by atoms with van der Waals surface area (Å²) in [6.07, 6.45) is 5.32. The summed E-state index contributed by atoms with van der Waals surface area (Å²) in [4.78, 5) is 33.1. The largest absolute Gasteiger partial charge is 0.444 e. The Labute approximate surface area is 155 Å². The highest BCUT2D eigenvalue weighted by atomic mass is 16.6. The maximum Gasteiger partial charge on any atom is 0.410 e. The Bertz CT molecular complexity index is 637. The van der Waals surface area contributed by atoms with Crippen molar-refractivity contribution in [2.75, 3.05) is 24.5 Å². The van der Waals surface area contributed by atoms with Crippen molar-refractivity contribution in [3.05, 3.63) is 24.4 Å². The van der Waals surface area contributed by atoms with Crippen molar-refractivity contribution in [2.45, 2.75) is 52.1 Å². The zero-order chi connectivity index (χ0) is 18.7. The second kappa shape index (κ2) is 7.64. The molecule has 1 aliphatic carbocycles. The normalized spacial score (nSPS) is 20.6. The summed E-state index contributed by atoms with van der Waals surface area (Å²) in [5, 5.41) is 0. The SMILES string of the molecule is CC(C)(C)OC(=O)N1CCCC(CN(C(=O)C2CC2)c2ccccn2)C1. The lowest BCUT2D eigenvalue weighted by molar-refractivity contribution is -0.120. The van der Waals surface area contributed by atoms with Gasteiger partial charge < -0.3 is 9.64 Å². The smallest absolute Gasteiger partial charge is 0.410 e. The topological polar surface area (TPSA) is 62.7 Å². The predicted molar refractivity (Wildman–Crippen MR) is 99.8 cm³/mol. The fourth-order valence-corrected chi connectivity index (χ4v) is 3.33. The number of carbonyl (C=O) groups is 2. The third-order valence-corrected chi connectivity index (χ3v) is 4.73. The molecule has 6 heteroatoms. The average molecular weight is 359 g/mol. The van der Waals surface area contributed by atoms with Crippen LogP contribution in [0, 0.1) is 11.8 Å². The number of ether oxygens (including phenoxy) is 1. The van der Waals surface area contributed by atoms with Gasteiger partial charge >= 0.3 is 6.09 Å². The van der Waals surface area contributed by atoms with E-state index in [9.17, 15) is 9.59 Å². The lowest BCUT2D eigenvalue weighted by atomic mass is 9.97. The van der Waals surface area contributed by atoms with Gasteiger partial charge in [0.1, 0.15) is 11.4 Å². The molecule has 1 saturated carbocycles. The Morgan fingerprint density at radius 1 is 1.27 bits per heavy atom. The van der Waals surface area contributed by atoms with E-state index in [0.717, 1.165) is 25.7 Å². The van der Waals surface area contributed by atoms with Crippen LogP contribution in [0.3, 0.4) is 0 Å². The number of piperidine rings is 1. The van der Waals surface area contributed by atoms with Crippen LogP contribution in [0.2, 0.25) is 0 Å². The van der Waals surface area contributed by atoms with Gasteiger partial charge in [-0.2, -0.15) is 0 Å². The van der Waals surface area contributed by atoms with Crippen molar-refractivity contribution in [3.8, 4) is 0 Å². The maximum absolute atomic E-state index is 12.8. The molecule has 1 aliphatic heterocycles. The molecule has 0 radical (unpaired) electrons. The van der Waals surface area contributed by atoms with E-state index in [0.29, 0.717) is 25.5 Å². The van der Waals surface area contributed by atoms with Crippen LogP contribution in [0.15, 0.2) is 24.4 Å². The number of nitrogens with zero attached hydrogens (tertiary/aromatic N) is 3. The van der Waals surface area contributed by atoms with Gasteiger partial charge in [0.15, 0.2) is 0 Å². The molecule has 0 bridgehead atoms. The number of aromatic nitrogens is 1. The summed E-state index contributed by atoms with van der Waals surface area (Å²) in [6.45, 7) is 7.57. The third kappa shape index (κ3) is 4.96. The molecule has 1 saturated heterocycles. The summed E-state index contributed by atoms with van der Waals surface area (Å²) in [5.41, 5.74) is -0.494. The number of anilines is 1. The Morgan fingerprint density at radius 2 is 2.04 bits per heavy atom. The first-order valence-electron chi connectivity index (χ1n) is 9.54. The van der Waals surface area contributed by atoms with Crippen LogP contribution in [0.5, 0.6) is 0 Å². The number of rotatable bonds is 4. The molecule has 2 heterocycles. The molecule has 2 aliphatic rings. The summed E-state index contributed by atoms with van der Waals surface area (Å²) in [7, 11) is 0. The number of amides is 2. The monoisotopic (exact) mass is 359 g/mol. The van der Waals surface area contributed by atoms with Gasteiger partial charge in [-0.1, -0.05) is 6.07 Å². The molecular weight excluding hydrogens is 330 g/mol. The summed E-state index contributed by atoms with van der Waals surface area (Å²) >= 11 is 0. The first-order valence-corrected chi connectivity index (χ1v) is 9.54. The molecule has 6 nitrogen and oxygen atoms in total. The van der Waals surface area contributed by atoms with Crippen LogP contribution in [0.4, 0.5) is 10.6 Å². The van der Waals surface area contributed by atoms with Crippen molar-refractivity contribution in [1.29, 1.82) is 0 Å². The highest BCUT2D eigenvalue weighted by molar-refractivity contribution is 5.95. The number of likely N-dealkylation sites (tertiary alicyclic amines) is 1. The number of hydrogen-bond acceptors (Lipinski definition) is 4.